The molecule has 2 fully saturated rings. The maximum absolute atomic E-state index is 12.1. The number of hydrogen-bond donors (Lipinski definition) is 4. The van der Waals surface area contributed by atoms with Crippen LogP contribution in [0.4, 0.5) is 0 Å². The zero-order valence-electron chi connectivity index (χ0n) is 12.6. The third-order valence-corrected chi connectivity index (χ3v) is 4.81. The van der Waals surface area contributed by atoms with Gasteiger partial charge in [-0.15, -0.1) is 0 Å². The first-order chi connectivity index (χ1) is 11.2. The van der Waals surface area contributed by atoms with Gasteiger partial charge in [0.1, 0.15) is 5.75 Å². The van der Waals surface area contributed by atoms with Crippen LogP contribution in [-0.4, -0.2) is 17.2 Å². The van der Waals surface area contributed by atoms with Gasteiger partial charge in [-0.1, -0.05) is 42.5 Å². The molecule has 0 saturated carbocycles. The second kappa shape index (κ2) is 5.68. The van der Waals surface area contributed by atoms with Gasteiger partial charge >= 0.3 is 0 Å². The Bertz CT molecular complexity index is 719. The van der Waals surface area contributed by atoms with Crippen LogP contribution in [0.25, 0.3) is 0 Å². The number of hydrazine groups is 1. The summed E-state index contributed by atoms with van der Waals surface area (Å²) in [5.74, 6) is 0.494. The van der Waals surface area contributed by atoms with Crippen molar-refractivity contribution in [1.82, 2.24) is 16.2 Å². The highest BCUT2D eigenvalue weighted by atomic mass is 16.3. The lowest BCUT2D eigenvalue weighted by molar-refractivity contribution is -0.125. The minimum Gasteiger partial charge on any atom is -0.508 e. The van der Waals surface area contributed by atoms with Crippen molar-refractivity contribution >= 4 is 5.91 Å². The van der Waals surface area contributed by atoms with E-state index in [2.05, 4.69) is 28.3 Å². The molecule has 5 heteroatoms. The molecule has 2 saturated heterocycles. The number of fused-ring (bicyclic) bond motifs is 1. The molecule has 0 spiro atoms. The number of benzene rings is 2. The van der Waals surface area contributed by atoms with Crippen molar-refractivity contribution in [3.63, 3.8) is 0 Å². The summed E-state index contributed by atoms with van der Waals surface area (Å²) in [6, 6.07) is 17.6. The fourth-order valence-corrected chi connectivity index (χ4v) is 3.79. The predicted octanol–water partition coefficient (Wildman–Crippen LogP) is 1.79. The molecule has 2 aliphatic heterocycles. The van der Waals surface area contributed by atoms with Crippen molar-refractivity contribution in [2.45, 2.75) is 24.5 Å². The molecule has 0 aromatic heterocycles. The highest BCUT2D eigenvalue weighted by Crippen LogP contribution is 2.43. The molecule has 2 aromatic rings. The summed E-state index contributed by atoms with van der Waals surface area (Å²) in [5.41, 5.74) is 8.72. The molecule has 23 heavy (non-hydrogen) atoms. The molecular weight excluding hydrogens is 290 g/mol. The van der Waals surface area contributed by atoms with Crippen LogP contribution in [0.1, 0.15) is 29.5 Å². The summed E-state index contributed by atoms with van der Waals surface area (Å²) in [6.45, 7) is 0. The minimum atomic E-state index is -0.117. The normalized spacial score (nSPS) is 29.8. The predicted molar refractivity (Wildman–Crippen MR) is 86.3 cm³/mol. The van der Waals surface area contributed by atoms with Gasteiger partial charge in [0.2, 0.25) is 5.91 Å². The summed E-state index contributed by atoms with van der Waals surface area (Å²) in [5, 5.41) is 12.8. The Morgan fingerprint density at radius 3 is 2.52 bits per heavy atom. The van der Waals surface area contributed by atoms with Gasteiger partial charge in [-0.05, 0) is 23.3 Å². The van der Waals surface area contributed by atoms with Gasteiger partial charge in [-0.3, -0.25) is 4.79 Å². The molecule has 5 nitrogen and oxygen atoms in total. The number of piperidine rings is 1. The van der Waals surface area contributed by atoms with Gasteiger partial charge in [0.15, 0.2) is 0 Å². The molecular formula is C18H19N3O2. The van der Waals surface area contributed by atoms with E-state index in [1.165, 1.54) is 5.56 Å². The molecule has 2 aliphatic rings. The van der Waals surface area contributed by atoms with Crippen molar-refractivity contribution in [2.24, 2.45) is 5.92 Å². The first-order valence-electron chi connectivity index (χ1n) is 7.86. The molecule has 4 unspecified atom stereocenters. The fourth-order valence-electron chi connectivity index (χ4n) is 3.79. The van der Waals surface area contributed by atoms with Crippen LogP contribution >= 0.6 is 0 Å². The Kier molecular flexibility index (Phi) is 3.52. The van der Waals surface area contributed by atoms with Gasteiger partial charge in [0.25, 0.3) is 0 Å². The van der Waals surface area contributed by atoms with Gasteiger partial charge in [-0.25, -0.2) is 10.9 Å². The third-order valence-electron chi connectivity index (χ3n) is 4.81. The van der Waals surface area contributed by atoms with Crippen LogP contribution in [0.5, 0.6) is 5.75 Å². The average Bonchev–Trinajstić information content (AvgIpc) is 2.98. The molecule has 0 radical (unpaired) electrons. The van der Waals surface area contributed by atoms with E-state index in [-0.39, 0.29) is 35.7 Å². The number of nitrogens with one attached hydrogen (secondary N) is 3. The van der Waals surface area contributed by atoms with E-state index in [1.54, 1.807) is 12.1 Å². The second-order valence-corrected chi connectivity index (χ2v) is 6.21. The minimum absolute atomic E-state index is 0.0302. The number of carbonyl (C=O) groups is 1. The molecule has 1 amide bonds. The SMILES string of the molecule is O=C1CC(c2cccc(O)c2)C2C(NNC2c2ccccc2)N1. The van der Waals surface area contributed by atoms with Crippen molar-refractivity contribution in [3.05, 3.63) is 65.7 Å². The maximum Gasteiger partial charge on any atom is 0.221 e. The molecule has 2 heterocycles. The Balaban J connectivity index is 1.73. The van der Waals surface area contributed by atoms with Crippen molar-refractivity contribution in [2.75, 3.05) is 0 Å². The number of hydrogen-bond acceptors (Lipinski definition) is 4. The number of amides is 1. The monoisotopic (exact) mass is 309 g/mol. The molecule has 2 aromatic carbocycles. The Morgan fingerprint density at radius 2 is 1.74 bits per heavy atom. The summed E-state index contributed by atoms with van der Waals surface area (Å²) >= 11 is 0. The highest BCUT2D eigenvalue weighted by molar-refractivity contribution is 5.78. The van der Waals surface area contributed by atoms with E-state index in [1.807, 2.05) is 30.3 Å². The van der Waals surface area contributed by atoms with E-state index in [9.17, 15) is 9.90 Å². The summed E-state index contributed by atoms with van der Waals surface area (Å²) in [7, 11) is 0. The van der Waals surface area contributed by atoms with Crippen LogP contribution in [0, 0.1) is 5.92 Å². The van der Waals surface area contributed by atoms with E-state index in [0.29, 0.717) is 6.42 Å². The molecule has 4 atom stereocenters. The van der Waals surface area contributed by atoms with Gasteiger partial charge < -0.3 is 10.4 Å². The van der Waals surface area contributed by atoms with E-state index in [0.717, 1.165) is 5.56 Å². The average molecular weight is 309 g/mol. The van der Waals surface area contributed by atoms with Crippen LogP contribution in [0.2, 0.25) is 0 Å². The molecule has 4 N–H and O–H groups in total. The smallest absolute Gasteiger partial charge is 0.221 e. The number of rotatable bonds is 2. The lowest BCUT2D eigenvalue weighted by atomic mass is 9.74. The second-order valence-electron chi connectivity index (χ2n) is 6.21. The van der Waals surface area contributed by atoms with Crippen molar-refractivity contribution in [1.29, 1.82) is 0 Å². The first-order valence-corrected chi connectivity index (χ1v) is 7.86. The van der Waals surface area contributed by atoms with E-state index < -0.39 is 0 Å². The summed E-state index contributed by atoms with van der Waals surface area (Å²) in [4.78, 5) is 12.1. The third kappa shape index (κ3) is 2.58. The zero-order chi connectivity index (χ0) is 15.8. The molecule has 118 valence electrons. The maximum atomic E-state index is 12.1. The standard InChI is InChI=1S/C18H19N3O2/c22-13-8-4-7-12(9-13)14-10-15(23)19-18-16(14)17(20-21-18)11-5-2-1-3-6-11/h1-9,14,16-18,20-22H,10H2,(H,19,23). The quantitative estimate of drug-likeness (QED) is 0.682. The largest absolute Gasteiger partial charge is 0.508 e. The molecule has 0 aliphatic carbocycles. The van der Waals surface area contributed by atoms with Crippen LogP contribution in [-0.2, 0) is 4.79 Å². The highest BCUT2D eigenvalue weighted by Gasteiger charge is 2.46. The number of carbonyl (C=O) groups excluding carboxylic acids is 1. The zero-order valence-corrected chi connectivity index (χ0v) is 12.6. The lowest BCUT2D eigenvalue weighted by Gasteiger charge is -2.36. The molecule has 0 bridgehead atoms. The lowest BCUT2D eigenvalue weighted by Crippen LogP contribution is -2.52. The Morgan fingerprint density at radius 1 is 0.957 bits per heavy atom. The van der Waals surface area contributed by atoms with Crippen molar-refractivity contribution in [3.8, 4) is 5.75 Å². The number of phenolic OH excluding ortho intramolecular Hbond substituents is 1. The van der Waals surface area contributed by atoms with Crippen LogP contribution in [0.3, 0.4) is 0 Å². The topological polar surface area (TPSA) is 73.4 Å². The van der Waals surface area contributed by atoms with Crippen LogP contribution < -0.4 is 16.2 Å². The van der Waals surface area contributed by atoms with E-state index >= 15 is 0 Å². The van der Waals surface area contributed by atoms with E-state index in [4.69, 9.17) is 0 Å². The first kappa shape index (κ1) is 14.2. The van der Waals surface area contributed by atoms with Gasteiger partial charge in [-0.2, -0.15) is 0 Å². The summed E-state index contributed by atoms with van der Waals surface area (Å²) in [6.07, 6.45) is 0.311. The van der Waals surface area contributed by atoms with Crippen molar-refractivity contribution < 1.29 is 9.90 Å². The Hall–Kier alpha value is -2.37. The number of aromatic hydroxyl groups is 1. The number of phenols is 1. The summed E-state index contributed by atoms with van der Waals surface area (Å²) < 4.78 is 0. The fraction of sp³-hybridized carbons (Fsp3) is 0.278. The molecule has 4 rings (SSSR count). The van der Waals surface area contributed by atoms with Crippen LogP contribution in [0.15, 0.2) is 54.6 Å². The van der Waals surface area contributed by atoms with Gasteiger partial charge in [0, 0.05) is 18.3 Å². The van der Waals surface area contributed by atoms with Gasteiger partial charge in [0.05, 0.1) is 12.2 Å². The Labute approximate surface area is 134 Å².